The molecule has 4 N–H and O–H groups in total. The van der Waals surface area contributed by atoms with Crippen LogP contribution in [-0.4, -0.2) is 11.8 Å². The Balaban J connectivity index is 4.13. The van der Waals surface area contributed by atoms with E-state index in [4.69, 9.17) is 11.5 Å². The Hall–Kier alpha value is -1.06. The number of primary amides is 2. The largest absolute Gasteiger partial charge is 0.370 e. The number of hydrogen-bond donors (Lipinski definition) is 2. The molecular weight excluding hydrogens is 132 g/mol. The normalized spacial score (nSPS) is 11.0. The Bertz CT molecular complexity index is 163. The molecule has 10 heavy (non-hydrogen) atoms. The van der Waals surface area contributed by atoms with Gasteiger partial charge in [-0.2, -0.15) is 0 Å². The van der Waals surface area contributed by atoms with Crippen molar-refractivity contribution in [1.82, 2.24) is 0 Å². The average Bonchev–Trinajstić information content (AvgIpc) is 1.60. The number of carbonyl (C=O) groups is 2. The molecule has 0 heterocycles. The molecule has 0 saturated carbocycles. The highest BCUT2D eigenvalue weighted by molar-refractivity contribution is 5.86. The summed E-state index contributed by atoms with van der Waals surface area (Å²) < 4.78 is 0. The first-order valence-corrected chi connectivity index (χ1v) is 2.94. The zero-order chi connectivity index (χ0) is 8.36. The van der Waals surface area contributed by atoms with Crippen molar-refractivity contribution in [1.29, 1.82) is 0 Å². The molecule has 4 nitrogen and oxygen atoms in total. The third-order valence-electron chi connectivity index (χ3n) is 1.28. The molecule has 0 rings (SSSR count). The van der Waals surface area contributed by atoms with E-state index in [2.05, 4.69) is 0 Å². The molecular formula is C6H12N2O2. The highest BCUT2D eigenvalue weighted by Crippen LogP contribution is 2.17. The highest BCUT2D eigenvalue weighted by Gasteiger charge is 2.26. The predicted octanol–water partition coefficient (Wildman–Crippen LogP) is -0.627. The molecule has 0 bridgehead atoms. The Morgan fingerprint density at radius 1 is 1.30 bits per heavy atom. The lowest BCUT2D eigenvalue weighted by Crippen LogP contribution is -2.35. The number of amides is 2. The van der Waals surface area contributed by atoms with Gasteiger partial charge in [0.05, 0.1) is 5.41 Å². The zero-order valence-electron chi connectivity index (χ0n) is 6.18. The molecule has 0 spiro atoms. The van der Waals surface area contributed by atoms with E-state index >= 15 is 0 Å². The summed E-state index contributed by atoms with van der Waals surface area (Å²) in [6.07, 6.45) is 0.00231. The fourth-order valence-electron chi connectivity index (χ4n) is 0.523. The van der Waals surface area contributed by atoms with E-state index in [0.29, 0.717) is 0 Å². The fraction of sp³-hybridized carbons (Fsp3) is 0.667. The molecule has 2 amide bonds. The maximum atomic E-state index is 10.6. The lowest BCUT2D eigenvalue weighted by Gasteiger charge is -2.17. The minimum atomic E-state index is -0.814. The number of carbonyl (C=O) groups excluding carboxylic acids is 2. The van der Waals surface area contributed by atoms with Crippen LogP contribution in [0.2, 0.25) is 0 Å². The third kappa shape index (κ3) is 2.48. The van der Waals surface area contributed by atoms with Crippen LogP contribution >= 0.6 is 0 Å². The first-order valence-electron chi connectivity index (χ1n) is 2.94. The van der Waals surface area contributed by atoms with Gasteiger partial charge < -0.3 is 11.5 Å². The van der Waals surface area contributed by atoms with Crippen LogP contribution in [0.15, 0.2) is 0 Å². The Labute approximate surface area is 59.6 Å². The van der Waals surface area contributed by atoms with E-state index in [-0.39, 0.29) is 6.42 Å². The Kier molecular flexibility index (Phi) is 2.40. The smallest absolute Gasteiger partial charge is 0.223 e. The minimum Gasteiger partial charge on any atom is -0.370 e. The van der Waals surface area contributed by atoms with Gasteiger partial charge in [0.15, 0.2) is 0 Å². The van der Waals surface area contributed by atoms with Crippen molar-refractivity contribution >= 4 is 11.8 Å². The minimum absolute atomic E-state index is 0.00231. The second-order valence-corrected chi connectivity index (χ2v) is 2.89. The van der Waals surface area contributed by atoms with Gasteiger partial charge in [-0.25, -0.2) is 0 Å². The molecule has 0 aromatic rings. The molecule has 0 aromatic carbocycles. The first kappa shape index (κ1) is 8.94. The van der Waals surface area contributed by atoms with Gasteiger partial charge >= 0.3 is 0 Å². The Morgan fingerprint density at radius 3 is 1.80 bits per heavy atom. The lowest BCUT2D eigenvalue weighted by atomic mass is 9.88. The first-order chi connectivity index (χ1) is 4.36. The summed E-state index contributed by atoms with van der Waals surface area (Å²) in [5, 5.41) is 0. The number of rotatable bonds is 3. The highest BCUT2D eigenvalue weighted by atomic mass is 16.2. The van der Waals surface area contributed by atoms with Gasteiger partial charge in [0, 0.05) is 6.42 Å². The van der Waals surface area contributed by atoms with Gasteiger partial charge in [-0.3, -0.25) is 9.59 Å². The van der Waals surface area contributed by atoms with Crippen molar-refractivity contribution in [2.75, 3.05) is 0 Å². The number of nitrogens with two attached hydrogens (primary N) is 2. The molecule has 0 atom stereocenters. The van der Waals surface area contributed by atoms with Crippen molar-refractivity contribution in [3.8, 4) is 0 Å². The van der Waals surface area contributed by atoms with E-state index in [1.54, 1.807) is 13.8 Å². The van der Waals surface area contributed by atoms with Crippen molar-refractivity contribution in [2.45, 2.75) is 20.3 Å². The van der Waals surface area contributed by atoms with Gasteiger partial charge in [-0.1, -0.05) is 13.8 Å². The summed E-state index contributed by atoms with van der Waals surface area (Å²) in [6.45, 7) is 3.17. The quantitative estimate of drug-likeness (QED) is 0.552. The standard InChI is InChI=1S/C6H12N2O2/c1-6(2,5(8)10)3-4(7)9/h3H2,1-2H3,(H2,7,9)(H2,8,10). The summed E-state index contributed by atoms with van der Waals surface area (Å²) in [7, 11) is 0. The monoisotopic (exact) mass is 144 g/mol. The summed E-state index contributed by atoms with van der Waals surface area (Å²) in [5.41, 5.74) is 9.03. The summed E-state index contributed by atoms with van der Waals surface area (Å²) in [5.74, 6) is -1.02. The molecule has 0 aliphatic rings. The second kappa shape index (κ2) is 2.68. The van der Waals surface area contributed by atoms with E-state index in [1.165, 1.54) is 0 Å². The van der Waals surface area contributed by atoms with Crippen LogP contribution in [0.4, 0.5) is 0 Å². The van der Waals surface area contributed by atoms with E-state index < -0.39 is 17.2 Å². The van der Waals surface area contributed by atoms with E-state index in [9.17, 15) is 9.59 Å². The van der Waals surface area contributed by atoms with Crippen LogP contribution in [0, 0.1) is 5.41 Å². The maximum Gasteiger partial charge on any atom is 0.223 e. The van der Waals surface area contributed by atoms with Gasteiger partial charge in [0.25, 0.3) is 0 Å². The molecule has 0 aliphatic carbocycles. The van der Waals surface area contributed by atoms with E-state index in [0.717, 1.165) is 0 Å². The van der Waals surface area contributed by atoms with E-state index in [1.807, 2.05) is 0 Å². The molecule has 0 aliphatic heterocycles. The predicted molar refractivity (Wildman–Crippen MR) is 36.8 cm³/mol. The van der Waals surface area contributed by atoms with Gasteiger partial charge in [0.2, 0.25) is 11.8 Å². The van der Waals surface area contributed by atoms with Crippen LogP contribution < -0.4 is 11.5 Å². The van der Waals surface area contributed by atoms with Crippen molar-refractivity contribution < 1.29 is 9.59 Å². The van der Waals surface area contributed by atoms with Crippen LogP contribution in [0.1, 0.15) is 20.3 Å². The van der Waals surface area contributed by atoms with Crippen LogP contribution in [-0.2, 0) is 9.59 Å². The van der Waals surface area contributed by atoms with Gasteiger partial charge in [0.1, 0.15) is 0 Å². The molecule has 4 heteroatoms. The summed E-state index contributed by atoms with van der Waals surface area (Å²) in [6, 6.07) is 0. The van der Waals surface area contributed by atoms with Gasteiger partial charge in [-0.05, 0) is 0 Å². The summed E-state index contributed by atoms with van der Waals surface area (Å²) in [4.78, 5) is 20.9. The van der Waals surface area contributed by atoms with Crippen LogP contribution in [0.25, 0.3) is 0 Å². The molecule has 0 aromatic heterocycles. The maximum absolute atomic E-state index is 10.6. The fourth-order valence-corrected chi connectivity index (χ4v) is 0.523. The second-order valence-electron chi connectivity index (χ2n) is 2.89. The van der Waals surface area contributed by atoms with Crippen LogP contribution in [0.3, 0.4) is 0 Å². The molecule has 0 saturated heterocycles. The van der Waals surface area contributed by atoms with Crippen LogP contribution in [0.5, 0.6) is 0 Å². The molecule has 0 radical (unpaired) electrons. The average molecular weight is 144 g/mol. The van der Waals surface area contributed by atoms with Crippen molar-refractivity contribution in [3.05, 3.63) is 0 Å². The van der Waals surface area contributed by atoms with Crippen molar-refractivity contribution in [3.63, 3.8) is 0 Å². The number of hydrogen-bond acceptors (Lipinski definition) is 2. The Morgan fingerprint density at radius 2 is 1.70 bits per heavy atom. The summed E-state index contributed by atoms with van der Waals surface area (Å²) >= 11 is 0. The molecule has 58 valence electrons. The molecule has 0 unspecified atom stereocenters. The van der Waals surface area contributed by atoms with Gasteiger partial charge in [-0.15, -0.1) is 0 Å². The zero-order valence-corrected chi connectivity index (χ0v) is 6.18. The van der Waals surface area contributed by atoms with Crippen molar-refractivity contribution in [2.24, 2.45) is 16.9 Å². The topological polar surface area (TPSA) is 86.2 Å². The molecule has 0 fully saturated rings. The lowest BCUT2D eigenvalue weighted by molar-refractivity contribution is -0.131. The SMILES string of the molecule is CC(C)(CC(N)=O)C(N)=O. The third-order valence-corrected chi connectivity index (χ3v) is 1.28.